The molecule has 0 saturated heterocycles. The van der Waals surface area contributed by atoms with E-state index in [1.807, 2.05) is 6.92 Å². The van der Waals surface area contributed by atoms with Gasteiger partial charge in [0.05, 0.1) is 6.61 Å². The van der Waals surface area contributed by atoms with Crippen molar-refractivity contribution >= 4 is 17.6 Å². The monoisotopic (exact) mass is 373 g/mol. The van der Waals surface area contributed by atoms with Crippen molar-refractivity contribution < 1.29 is 13.5 Å². The van der Waals surface area contributed by atoms with E-state index in [1.54, 1.807) is 19.4 Å². The highest BCUT2D eigenvalue weighted by Crippen LogP contribution is 2.18. The van der Waals surface area contributed by atoms with Gasteiger partial charge in [0.1, 0.15) is 23.7 Å². The largest absolute Gasteiger partial charge is 0.383 e. The average Bonchev–Trinajstić information content (AvgIpc) is 2.61. The fourth-order valence-electron chi connectivity index (χ4n) is 2.30. The zero-order valence-electron chi connectivity index (χ0n) is 14.6. The molecule has 2 heterocycles. The third kappa shape index (κ3) is 5.11. The zero-order valence-corrected chi connectivity index (χ0v) is 14.6. The minimum Gasteiger partial charge on any atom is -0.383 e. The molecule has 0 saturated carbocycles. The first-order chi connectivity index (χ1) is 13.0. The van der Waals surface area contributed by atoms with Crippen LogP contribution >= 0.6 is 0 Å². The van der Waals surface area contributed by atoms with Crippen LogP contribution in [0.15, 0.2) is 36.8 Å². The molecule has 2 N–H and O–H groups in total. The van der Waals surface area contributed by atoms with E-state index >= 15 is 0 Å². The van der Waals surface area contributed by atoms with E-state index in [1.165, 1.54) is 6.33 Å². The Hall–Kier alpha value is -3.27. The molecule has 0 bridgehead atoms. The van der Waals surface area contributed by atoms with Crippen LogP contribution in [0.25, 0.3) is 11.5 Å². The molecular formula is C17H17F2N7O. The number of hydrogen-bond acceptors (Lipinski definition) is 8. The fourth-order valence-corrected chi connectivity index (χ4v) is 2.30. The molecule has 1 atom stereocenters. The molecule has 0 spiro atoms. The number of rotatable bonds is 7. The fraction of sp³-hybridized carbons (Fsp3) is 0.235. The molecule has 27 heavy (non-hydrogen) atoms. The van der Waals surface area contributed by atoms with Crippen molar-refractivity contribution in [1.29, 1.82) is 0 Å². The van der Waals surface area contributed by atoms with Crippen LogP contribution in [0.4, 0.5) is 26.4 Å². The van der Waals surface area contributed by atoms with Gasteiger partial charge in [-0.2, -0.15) is 4.98 Å². The number of hydrogen-bond donors (Lipinski definition) is 2. The SMILES string of the molecule is COC[C@H](C)Nc1nccc(-c2ncnc(Nc3cc(F)cc(F)c3)n2)n1. The lowest BCUT2D eigenvalue weighted by molar-refractivity contribution is 0.190. The zero-order chi connectivity index (χ0) is 19.2. The number of methoxy groups -OCH3 is 1. The van der Waals surface area contributed by atoms with Crippen LogP contribution in [-0.2, 0) is 4.74 Å². The molecule has 0 aliphatic rings. The molecule has 140 valence electrons. The summed E-state index contributed by atoms with van der Waals surface area (Å²) in [5.41, 5.74) is 0.649. The van der Waals surface area contributed by atoms with E-state index in [0.717, 1.165) is 18.2 Å². The van der Waals surface area contributed by atoms with Crippen molar-refractivity contribution in [2.24, 2.45) is 0 Å². The molecule has 8 nitrogen and oxygen atoms in total. The molecule has 0 unspecified atom stereocenters. The Kier molecular flexibility index (Phi) is 5.77. The molecule has 1 aromatic carbocycles. The average molecular weight is 373 g/mol. The summed E-state index contributed by atoms with van der Waals surface area (Å²) in [6, 6.07) is 4.72. The second kappa shape index (κ2) is 8.41. The Morgan fingerprint density at radius 1 is 1.04 bits per heavy atom. The predicted octanol–water partition coefficient (Wildman–Crippen LogP) is 2.80. The van der Waals surface area contributed by atoms with Gasteiger partial charge in [0, 0.05) is 31.1 Å². The molecule has 2 aromatic heterocycles. The summed E-state index contributed by atoms with van der Waals surface area (Å²) in [7, 11) is 1.61. The first-order valence-electron chi connectivity index (χ1n) is 8.04. The van der Waals surface area contributed by atoms with Crippen LogP contribution in [0.1, 0.15) is 6.92 Å². The van der Waals surface area contributed by atoms with Gasteiger partial charge in [-0.1, -0.05) is 0 Å². The Labute approximate surface area is 154 Å². The van der Waals surface area contributed by atoms with Gasteiger partial charge in [0.25, 0.3) is 0 Å². The number of benzene rings is 1. The Bertz CT molecular complexity index is 905. The summed E-state index contributed by atoms with van der Waals surface area (Å²) in [6.45, 7) is 2.43. The highest BCUT2D eigenvalue weighted by Gasteiger charge is 2.10. The number of nitrogens with one attached hydrogen (secondary N) is 2. The van der Waals surface area contributed by atoms with E-state index in [2.05, 4.69) is 35.6 Å². The summed E-state index contributed by atoms with van der Waals surface area (Å²) in [5.74, 6) is -0.591. The standard InChI is InChI=1S/C17H17F2N7O/c1-10(8-27-2)23-16-20-4-3-14(25-16)15-21-9-22-17(26-15)24-13-6-11(18)5-12(19)7-13/h3-7,9-10H,8H2,1-2H3,(H,20,23,25)(H,21,22,24,26)/t10-/m0/s1. The molecule has 0 fully saturated rings. The van der Waals surface area contributed by atoms with Crippen molar-refractivity contribution in [3.63, 3.8) is 0 Å². The van der Waals surface area contributed by atoms with E-state index < -0.39 is 11.6 Å². The topological polar surface area (TPSA) is 97.7 Å². The first-order valence-corrected chi connectivity index (χ1v) is 8.04. The molecule has 0 amide bonds. The second-order valence-electron chi connectivity index (χ2n) is 5.68. The van der Waals surface area contributed by atoms with Gasteiger partial charge in [0.15, 0.2) is 5.82 Å². The van der Waals surface area contributed by atoms with E-state index in [9.17, 15) is 8.78 Å². The maximum atomic E-state index is 13.3. The van der Waals surface area contributed by atoms with E-state index in [-0.39, 0.29) is 23.5 Å². The van der Waals surface area contributed by atoms with E-state index in [4.69, 9.17) is 4.74 Å². The normalized spacial score (nSPS) is 11.9. The number of aromatic nitrogens is 5. The highest BCUT2D eigenvalue weighted by molar-refractivity contribution is 5.57. The molecule has 0 aliphatic carbocycles. The molecule has 3 aromatic rings. The van der Waals surface area contributed by atoms with Crippen LogP contribution in [0, 0.1) is 11.6 Å². The molecule has 0 radical (unpaired) electrons. The Balaban J connectivity index is 1.81. The lowest BCUT2D eigenvalue weighted by atomic mass is 10.3. The lowest BCUT2D eigenvalue weighted by Crippen LogP contribution is -2.22. The quantitative estimate of drug-likeness (QED) is 0.652. The number of halogens is 2. The summed E-state index contributed by atoms with van der Waals surface area (Å²) in [6.07, 6.45) is 2.85. The van der Waals surface area contributed by atoms with Gasteiger partial charge in [-0.15, -0.1) is 0 Å². The first kappa shape index (κ1) is 18.5. The van der Waals surface area contributed by atoms with Gasteiger partial charge in [-0.3, -0.25) is 0 Å². The third-order valence-corrected chi connectivity index (χ3v) is 3.37. The van der Waals surface area contributed by atoms with Crippen LogP contribution in [0.2, 0.25) is 0 Å². The van der Waals surface area contributed by atoms with Gasteiger partial charge < -0.3 is 15.4 Å². The summed E-state index contributed by atoms with van der Waals surface area (Å²) in [5, 5.41) is 5.84. The van der Waals surface area contributed by atoms with Gasteiger partial charge in [-0.05, 0) is 25.1 Å². The maximum absolute atomic E-state index is 13.3. The predicted molar refractivity (Wildman–Crippen MR) is 95.5 cm³/mol. The maximum Gasteiger partial charge on any atom is 0.230 e. The van der Waals surface area contributed by atoms with Gasteiger partial charge in [0.2, 0.25) is 11.9 Å². The van der Waals surface area contributed by atoms with Crippen molar-refractivity contribution in [3.05, 3.63) is 48.4 Å². The highest BCUT2D eigenvalue weighted by atomic mass is 19.1. The molecule has 0 aliphatic heterocycles. The Morgan fingerprint density at radius 3 is 2.56 bits per heavy atom. The molecule has 3 rings (SSSR count). The number of nitrogens with zero attached hydrogens (tertiary/aromatic N) is 5. The van der Waals surface area contributed by atoms with Crippen LogP contribution in [0.5, 0.6) is 0 Å². The number of anilines is 3. The molecular weight excluding hydrogens is 356 g/mol. The summed E-state index contributed by atoms with van der Waals surface area (Å²) < 4.78 is 31.7. The minimum atomic E-state index is -0.705. The van der Waals surface area contributed by atoms with E-state index in [0.29, 0.717) is 18.2 Å². The van der Waals surface area contributed by atoms with Crippen LogP contribution in [0.3, 0.4) is 0 Å². The molecule has 10 heteroatoms. The minimum absolute atomic E-state index is 0.0173. The summed E-state index contributed by atoms with van der Waals surface area (Å²) in [4.78, 5) is 20.8. The third-order valence-electron chi connectivity index (χ3n) is 3.37. The second-order valence-corrected chi connectivity index (χ2v) is 5.68. The van der Waals surface area contributed by atoms with Crippen molar-refractivity contribution in [1.82, 2.24) is 24.9 Å². The van der Waals surface area contributed by atoms with Crippen molar-refractivity contribution in [3.8, 4) is 11.5 Å². The van der Waals surface area contributed by atoms with Crippen molar-refractivity contribution in [2.75, 3.05) is 24.4 Å². The smallest absolute Gasteiger partial charge is 0.230 e. The van der Waals surface area contributed by atoms with Gasteiger partial charge in [-0.25, -0.2) is 28.7 Å². The Morgan fingerprint density at radius 2 is 1.81 bits per heavy atom. The summed E-state index contributed by atoms with van der Waals surface area (Å²) >= 11 is 0. The van der Waals surface area contributed by atoms with Gasteiger partial charge >= 0.3 is 0 Å². The van der Waals surface area contributed by atoms with Crippen LogP contribution in [-0.4, -0.2) is 44.7 Å². The van der Waals surface area contributed by atoms with Crippen molar-refractivity contribution in [2.45, 2.75) is 13.0 Å². The lowest BCUT2D eigenvalue weighted by Gasteiger charge is -2.12. The number of ether oxygens (including phenoxy) is 1. The van der Waals surface area contributed by atoms with Crippen LogP contribution < -0.4 is 10.6 Å².